The molecule has 0 aliphatic carbocycles. The molecule has 9 aromatic carbocycles. The van der Waals surface area contributed by atoms with Crippen LogP contribution in [0.2, 0.25) is 0 Å². The van der Waals surface area contributed by atoms with Crippen molar-refractivity contribution in [3.63, 3.8) is 0 Å². The summed E-state index contributed by atoms with van der Waals surface area (Å²) in [6.07, 6.45) is 0. The molecule has 0 atom stereocenters. The molecule has 0 aliphatic rings. The highest BCUT2D eigenvalue weighted by molar-refractivity contribution is 6.19. The maximum absolute atomic E-state index is 5.34. The minimum Gasteiger partial charge on any atom is -0.309 e. The number of hydrogen-bond donors (Lipinski definition) is 0. The van der Waals surface area contributed by atoms with Crippen molar-refractivity contribution in [2.24, 2.45) is 0 Å². The quantitative estimate of drug-likeness (QED) is 0.152. The van der Waals surface area contributed by atoms with Gasteiger partial charge in [0, 0.05) is 55.0 Å². The van der Waals surface area contributed by atoms with Crippen LogP contribution < -0.4 is 0 Å². The van der Waals surface area contributed by atoms with Crippen molar-refractivity contribution in [3.05, 3.63) is 237 Å². The van der Waals surface area contributed by atoms with Crippen molar-refractivity contribution in [2.75, 3.05) is 0 Å². The number of rotatable bonds is 8. The first-order chi connectivity index (χ1) is 33.7. The molecule has 0 saturated heterocycles. The summed E-state index contributed by atoms with van der Waals surface area (Å²) >= 11 is 0. The molecule has 4 aromatic heterocycles. The Balaban J connectivity index is 1.03. The van der Waals surface area contributed by atoms with Gasteiger partial charge in [-0.3, -0.25) is 4.57 Å². The first-order valence-corrected chi connectivity index (χ1v) is 22.7. The van der Waals surface area contributed by atoms with Gasteiger partial charge in [-0.25, -0.2) is 15.0 Å². The van der Waals surface area contributed by atoms with Crippen LogP contribution in [-0.4, -0.2) is 34.1 Å². The van der Waals surface area contributed by atoms with Crippen molar-refractivity contribution in [2.45, 2.75) is 0 Å². The first kappa shape index (κ1) is 39.1. The SMILES string of the molecule is c1ccc(-c2cccc(-c3nc(-c4ccccc4)nc(-n4c5ccccc5c5cc6c7ccccc7n(-c7cccc(-c8cc(-c9ccccc9)nc(-c9ccccc9)n8)c7)c6cc54)n3)c2)cc1. The van der Waals surface area contributed by atoms with Crippen molar-refractivity contribution < 1.29 is 0 Å². The van der Waals surface area contributed by atoms with Crippen LogP contribution in [0.1, 0.15) is 0 Å². The molecule has 0 bridgehead atoms. The second-order valence-electron chi connectivity index (χ2n) is 16.9. The van der Waals surface area contributed by atoms with Crippen molar-refractivity contribution in [3.8, 4) is 79.4 Å². The highest BCUT2D eigenvalue weighted by Gasteiger charge is 2.22. The van der Waals surface area contributed by atoms with Crippen molar-refractivity contribution >= 4 is 43.6 Å². The molecule has 318 valence electrons. The Morgan fingerprint density at radius 3 is 1.34 bits per heavy atom. The Kier molecular flexibility index (Phi) is 9.35. The lowest BCUT2D eigenvalue weighted by atomic mass is 10.0. The second-order valence-corrected chi connectivity index (χ2v) is 16.9. The third-order valence-electron chi connectivity index (χ3n) is 12.8. The van der Waals surface area contributed by atoms with E-state index in [-0.39, 0.29) is 0 Å². The molecule has 0 spiro atoms. The monoisotopic (exact) mass is 869 g/mol. The Hall–Kier alpha value is -9.33. The van der Waals surface area contributed by atoms with Gasteiger partial charge in [0.25, 0.3) is 0 Å². The number of aromatic nitrogens is 7. The summed E-state index contributed by atoms with van der Waals surface area (Å²) in [5.74, 6) is 2.42. The average Bonchev–Trinajstić information content (AvgIpc) is 3.93. The third kappa shape index (κ3) is 6.80. The van der Waals surface area contributed by atoms with Gasteiger partial charge in [0.15, 0.2) is 17.5 Å². The fourth-order valence-electron chi connectivity index (χ4n) is 9.58. The summed E-state index contributed by atoms with van der Waals surface area (Å²) in [6.45, 7) is 0. The summed E-state index contributed by atoms with van der Waals surface area (Å²) in [5.41, 5.74) is 13.9. The van der Waals surface area contributed by atoms with Crippen LogP contribution in [0.25, 0.3) is 123 Å². The van der Waals surface area contributed by atoms with Gasteiger partial charge in [-0.05, 0) is 59.7 Å². The number of benzene rings is 9. The lowest BCUT2D eigenvalue weighted by Gasteiger charge is -2.13. The molecule has 7 heteroatoms. The number of fused-ring (bicyclic) bond motifs is 6. The van der Waals surface area contributed by atoms with Gasteiger partial charge in [-0.2, -0.15) is 9.97 Å². The largest absolute Gasteiger partial charge is 0.309 e. The first-order valence-electron chi connectivity index (χ1n) is 22.7. The van der Waals surface area contributed by atoms with Crippen LogP contribution in [-0.2, 0) is 0 Å². The molecule has 0 unspecified atom stereocenters. The summed E-state index contributed by atoms with van der Waals surface area (Å²) in [4.78, 5) is 26.0. The molecule has 0 aliphatic heterocycles. The lowest BCUT2D eigenvalue weighted by Crippen LogP contribution is -2.06. The van der Waals surface area contributed by atoms with E-state index in [9.17, 15) is 0 Å². The van der Waals surface area contributed by atoms with Gasteiger partial charge < -0.3 is 4.57 Å². The zero-order valence-corrected chi connectivity index (χ0v) is 36.6. The molecule has 0 fully saturated rings. The summed E-state index contributed by atoms with van der Waals surface area (Å²) < 4.78 is 4.58. The summed E-state index contributed by atoms with van der Waals surface area (Å²) in [7, 11) is 0. The third-order valence-corrected chi connectivity index (χ3v) is 12.8. The van der Waals surface area contributed by atoms with E-state index in [1.165, 1.54) is 5.39 Å². The second kappa shape index (κ2) is 16.3. The van der Waals surface area contributed by atoms with E-state index in [0.717, 1.165) is 94.2 Å². The molecular weight excluding hydrogens is 831 g/mol. The normalized spacial score (nSPS) is 11.5. The van der Waals surface area contributed by atoms with E-state index in [4.69, 9.17) is 24.9 Å². The van der Waals surface area contributed by atoms with Gasteiger partial charge in [0.2, 0.25) is 5.95 Å². The Morgan fingerprint density at radius 2 is 0.691 bits per heavy atom. The summed E-state index contributed by atoms with van der Waals surface area (Å²) in [5, 5.41) is 4.55. The molecular formula is C61H39N7. The highest BCUT2D eigenvalue weighted by Crippen LogP contribution is 2.40. The van der Waals surface area contributed by atoms with Crippen LogP contribution in [0.15, 0.2) is 237 Å². The Bertz CT molecular complexity index is 3950. The van der Waals surface area contributed by atoms with E-state index >= 15 is 0 Å². The van der Waals surface area contributed by atoms with E-state index in [0.29, 0.717) is 23.4 Å². The topological polar surface area (TPSA) is 74.3 Å². The average molecular weight is 870 g/mol. The van der Waals surface area contributed by atoms with E-state index in [2.05, 4.69) is 185 Å². The zero-order valence-electron chi connectivity index (χ0n) is 36.6. The number of hydrogen-bond acceptors (Lipinski definition) is 5. The fraction of sp³-hybridized carbons (Fsp3) is 0. The van der Waals surface area contributed by atoms with Crippen LogP contribution in [0.4, 0.5) is 0 Å². The standard InChI is InChI=1S/C61H39N7/c1-5-19-40(20-6-1)44-27-17-29-46(35-44)60-64-59(43-25-11-4-12-26-43)65-61(66-60)68-55-34-16-14-32-49(55)51-37-50-48-31-13-15-33-54(48)67(56(50)39-57(51)68)47-30-18-28-45(36-47)53-38-52(41-21-7-2-8-22-41)62-58(63-53)42-23-9-3-10-24-42/h1-39H. The van der Waals surface area contributed by atoms with Crippen molar-refractivity contribution in [1.29, 1.82) is 0 Å². The maximum atomic E-state index is 5.34. The van der Waals surface area contributed by atoms with Gasteiger partial charge in [-0.1, -0.05) is 188 Å². The van der Waals surface area contributed by atoms with Gasteiger partial charge in [0.1, 0.15) is 0 Å². The predicted octanol–water partition coefficient (Wildman–Crippen LogP) is 14.9. The van der Waals surface area contributed by atoms with Gasteiger partial charge >= 0.3 is 0 Å². The van der Waals surface area contributed by atoms with Gasteiger partial charge in [-0.15, -0.1) is 0 Å². The van der Waals surface area contributed by atoms with E-state index in [1.807, 2.05) is 60.7 Å². The Morgan fingerprint density at radius 1 is 0.235 bits per heavy atom. The molecule has 0 N–H and O–H groups in total. The van der Waals surface area contributed by atoms with Crippen LogP contribution in [0, 0.1) is 0 Å². The molecule has 13 aromatic rings. The van der Waals surface area contributed by atoms with Gasteiger partial charge in [0.05, 0.1) is 33.5 Å². The predicted molar refractivity (Wildman–Crippen MR) is 277 cm³/mol. The van der Waals surface area contributed by atoms with E-state index in [1.54, 1.807) is 0 Å². The lowest BCUT2D eigenvalue weighted by molar-refractivity contribution is 0.953. The molecule has 7 nitrogen and oxygen atoms in total. The molecule has 0 saturated carbocycles. The number of nitrogens with zero attached hydrogens (tertiary/aromatic N) is 7. The highest BCUT2D eigenvalue weighted by atomic mass is 15.2. The molecule has 68 heavy (non-hydrogen) atoms. The number of para-hydroxylation sites is 2. The summed E-state index contributed by atoms with van der Waals surface area (Å²) in [6, 6.07) is 82.2. The smallest absolute Gasteiger partial charge is 0.238 e. The maximum Gasteiger partial charge on any atom is 0.238 e. The van der Waals surface area contributed by atoms with Crippen LogP contribution in [0.5, 0.6) is 0 Å². The zero-order chi connectivity index (χ0) is 45.0. The van der Waals surface area contributed by atoms with Crippen LogP contribution in [0.3, 0.4) is 0 Å². The molecule has 0 amide bonds. The fourth-order valence-corrected chi connectivity index (χ4v) is 9.58. The molecule has 13 rings (SSSR count). The minimum atomic E-state index is 0.543. The van der Waals surface area contributed by atoms with E-state index < -0.39 is 0 Å². The Labute approximate surface area is 392 Å². The molecule has 0 radical (unpaired) electrons. The minimum absolute atomic E-state index is 0.543. The van der Waals surface area contributed by atoms with Crippen LogP contribution >= 0.6 is 0 Å². The molecule has 4 heterocycles. The van der Waals surface area contributed by atoms with Crippen molar-refractivity contribution in [1.82, 2.24) is 34.1 Å².